The minimum absolute atomic E-state index is 0. The Hall–Kier alpha value is 5.90. The summed E-state index contributed by atoms with van der Waals surface area (Å²) < 4.78 is 194. The van der Waals surface area contributed by atoms with Gasteiger partial charge in [-0.3, -0.25) is 9.11 Å². The van der Waals surface area contributed by atoms with Gasteiger partial charge in [-0.15, -0.1) is 0 Å². The van der Waals surface area contributed by atoms with Gasteiger partial charge in [-0.1, -0.05) is 78.9 Å². The Balaban J connectivity index is -0.000000108. The van der Waals surface area contributed by atoms with Crippen LogP contribution in [0.25, 0.3) is 0 Å². The Morgan fingerprint density at radius 1 is 0.516 bits per heavy atom. The maximum Gasteiger partial charge on any atom is 1.00 e. The molecule has 0 saturated heterocycles. The van der Waals surface area contributed by atoms with Gasteiger partial charge in [0.2, 0.25) is 4.38 Å². The van der Waals surface area contributed by atoms with E-state index in [0.29, 0.717) is 75.5 Å². The first kappa shape index (κ1) is 86.6. The second kappa shape index (κ2) is 51.0. The van der Waals surface area contributed by atoms with Gasteiger partial charge in [0, 0.05) is 71.6 Å². The molecule has 0 bridgehead atoms. The number of thioether (sulfide) groups is 2. The Bertz CT molecular complexity index is 1760. The molecule has 0 aromatic rings. The van der Waals surface area contributed by atoms with Crippen molar-refractivity contribution in [1.82, 2.24) is 4.90 Å². The van der Waals surface area contributed by atoms with E-state index in [9.17, 15) is 68.7 Å². The summed E-state index contributed by atoms with van der Waals surface area (Å²) in [5.74, 6) is 1.93. The van der Waals surface area contributed by atoms with Gasteiger partial charge < -0.3 is 27.8 Å². The average molecular weight is 1240 g/mol. The van der Waals surface area contributed by atoms with Crippen LogP contribution in [0.3, 0.4) is 0 Å². The van der Waals surface area contributed by atoms with Crippen molar-refractivity contribution < 1.29 is 231 Å². The molecule has 0 aliphatic rings. The third kappa shape index (κ3) is 93.9. The molecular weight excluding hydrogens is 1200 g/mol. The molecule has 0 heterocycles. The maximum absolute atomic E-state index is 10.2. The summed E-state index contributed by atoms with van der Waals surface area (Å²) in [4.78, 5) is 1.77. The average Bonchev–Trinajstić information content (AvgIpc) is 3.05. The molecule has 0 atom stereocenters. The quantitative estimate of drug-likeness (QED) is 0.0231. The van der Waals surface area contributed by atoms with E-state index in [2.05, 4.69) is 8.37 Å². The molecule has 0 aliphatic carbocycles. The molecule has 0 spiro atoms. The second-order valence-corrected chi connectivity index (χ2v) is 27.6. The van der Waals surface area contributed by atoms with Gasteiger partial charge in [-0.2, -0.15) is 16.8 Å². The zero-order valence-electron chi connectivity index (χ0n) is 36.2. The molecule has 364 valence electrons. The molecule has 0 fully saturated rings. The van der Waals surface area contributed by atoms with Gasteiger partial charge in [0.05, 0.1) is 60.3 Å². The van der Waals surface area contributed by atoms with Crippen molar-refractivity contribution >= 4 is 161 Å². The van der Waals surface area contributed by atoms with Crippen LogP contribution >= 0.6 is 91.1 Å². The first-order chi connectivity index (χ1) is 27.2. The van der Waals surface area contributed by atoms with Gasteiger partial charge in [0.15, 0.2) is 0 Å². The van der Waals surface area contributed by atoms with Crippen LogP contribution < -0.4 is 140 Å². The minimum Gasteiger partial charge on any atom is -0.748 e. The number of hydrogen-bond acceptors (Lipinski definition) is 27. The van der Waals surface area contributed by atoms with Gasteiger partial charge in [0.1, 0.15) is 4.32 Å². The Morgan fingerprint density at radius 3 is 1.03 bits per heavy atom. The van der Waals surface area contributed by atoms with E-state index < -0.39 is 61.3 Å². The fourth-order valence-corrected chi connectivity index (χ4v) is 12.1. The fraction of sp³-hybridized carbons (Fsp3) is 0.917. The molecule has 2 N–H and O–H groups in total. The van der Waals surface area contributed by atoms with E-state index in [0.717, 1.165) is 0 Å². The van der Waals surface area contributed by atoms with E-state index in [-0.39, 0.29) is 189 Å². The van der Waals surface area contributed by atoms with E-state index in [1.54, 1.807) is 4.90 Å². The Labute approximate surface area is 524 Å². The molecule has 0 aromatic heterocycles. The van der Waals surface area contributed by atoms with Crippen LogP contribution in [-0.4, -0.2) is 183 Å². The summed E-state index contributed by atoms with van der Waals surface area (Å²) in [5.41, 5.74) is 0. The van der Waals surface area contributed by atoms with Crippen LogP contribution in [0.4, 0.5) is 0 Å². The summed E-state index contributed by atoms with van der Waals surface area (Å²) in [6, 6.07) is 0. The molecule has 0 radical (unpaired) electrons. The van der Waals surface area contributed by atoms with Gasteiger partial charge in [-0.25, -0.2) is 42.0 Å². The van der Waals surface area contributed by atoms with Crippen molar-refractivity contribution in [2.24, 2.45) is 0 Å². The molecule has 0 aliphatic heterocycles. The SMILES string of the molecule is CCOC(=S)SCCCS(=O)(=O)[O-].CN(C)C(=S)SCCCS(=O)(=O)[O-].O=S(=O)(O)OCCCSSCCCOS(=O)(=O)O.O=S(=O)([O-])CCCSSCCCS(=O)(=O)[O-].[K+].[Na+].[Na+].[Na+]. The topological polar surface area (TPSA) is 368 Å². The van der Waals surface area contributed by atoms with Crippen molar-refractivity contribution in [3.8, 4) is 0 Å². The standard InChI is InChI=1S/C6H13NO3S3.C6H14O8S4.C6H14O6S4.C6H12O4S3.K.3Na/c1-7(2)6(11)12-4-3-5-13(8,9)10;7-17(8,9)13-3-1-5-15-16-6-2-4-14-18(10,11)12;7-15(8,9)5-1-3-13-14-4-2-6-16(10,11)12;1-2-10-6(11)12-4-3-5-13(7,8)9;;;;/h3-5H2,1-2H3,(H,8,9,10);1-6H2,(H,7,8,9)(H,10,11,12);1-6H2,(H,7,8,9)(H,10,11,12);2-5H2,1H3,(H,7,8,9);;;;/q;;;;4*+1/p-4. The van der Waals surface area contributed by atoms with Crippen molar-refractivity contribution in [1.29, 1.82) is 0 Å². The summed E-state index contributed by atoms with van der Waals surface area (Å²) in [6.07, 6.45) is 2.14. The third-order valence-corrected chi connectivity index (χ3v) is 17.1. The Kier molecular flexibility index (Phi) is 69.0. The van der Waals surface area contributed by atoms with E-state index in [1.165, 1.54) is 66.7 Å². The van der Waals surface area contributed by atoms with Crippen molar-refractivity contribution in [3.05, 3.63) is 0 Å². The predicted molar refractivity (Wildman–Crippen MR) is 246 cm³/mol. The van der Waals surface area contributed by atoms with Gasteiger partial charge in [0.25, 0.3) is 0 Å². The van der Waals surface area contributed by atoms with Crippen molar-refractivity contribution in [2.45, 2.75) is 45.4 Å². The zero-order valence-corrected chi connectivity index (χ0v) is 56.8. The first-order valence-electron chi connectivity index (χ1n) is 16.3. The summed E-state index contributed by atoms with van der Waals surface area (Å²) in [5, 5.41) is 0. The van der Waals surface area contributed by atoms with Crippen LogP contribution in [0.5, 0.6) is 0 Å². The molecule has 22 nitrogen and oxygen atoms in total. The number of thiocarbonyl (C=S) groups is 2. The number of rotatable bonds is 29. The van der Waals surface area contributed by atoms with Crippen LogP contribution in [0, 0.1) is 0 Å². The fourth-order valence-electron chi connectivity index (χ4n) is 2.46. The van der Waals surface area contributed by atoms with E-state index in [1.807, 2.05) is 21.0 Å². The maximum atomic E-state index is 10.2. The van der Waals surface area contributed by atoms with Crippen LogP contribution in [-0.2, 0) is 74.4 Å². The van der Waals surface area contributed by atoms with Crippen LogP contribution in [0.2, 0.25) is 0 Å². The molecule has 0 rings (SSSR count). The molecule has 0 aromatic carbocycles. The molecule has 0 amide bonds. The third-order valence-electron chi connectivity index (χ3n) is 4.77. The second-order valence-electron chi connectivity index (χ2n) is 10.5. The van der Waals surface area contributed by atoms with Gasteiger partial charge in [-0.05, 0) is 57.7 Å². The Morgan fingerprint density at radius 2 is 0.781 bits per heavy atom. The molecule has 0 unspecified atom stereocenters. The number of ether oxygens (including phenoxy) is 1. The summed E-state index contributed by atoms with van der Waals surface area (Å²) in [7, 11) is -15.9. The summed E-state index contributed by atoms with van der Waals surface area (Å²) >= 11 is 12.3. The predicted octanol–water partition coefficient (Wildman–Crippen LogP) is -9.48. The van der Waals surface area contributed by atoms with E-state index >= 15 is 0 Å². The van der Waals surface area contributed by atoms with Crippen molar-refractivity contribution in [2.75, 3.05) is 91.4 Å². The number of nitrogens with zero attached hydrogens (tertiary/aromatic N) is 1. The van der Waals surface area contributed by atoms with Crippen LogP contribution in [0.1, 0.15) is 45.4 Å². The van der Waals surface area contributed by atoms with Gasteiger partial charge >= 0.3 is 161 Å². The smallest absolute Gasteiger partial charge is 0.748 e. The molecule has 0 saturated carbocycles. The van der Waals surface area contributed by atoms with E-state index in [4.69, 9.17) is 38.3 Å². The largest absolute Gasteiger partial charge is 1.00 e. The zero-order chi connectivity index (χ0) is 47.5. The van der Waals surface area contributed by atoms with Crippen LogP contribution in [0.15, 0.2) is 0 Å². The number of hydrogen-bond donors (Lipinski definition) is 2. The molecule has 64 heavy (non-hydrogen) atoms. The molecular formula is C24H49KNNa3O21S14. The monoisotopic (exact) mass is 1240 g/mol. The first-order valence-corrected chi connectivity index (χ1v) is 33.1. The minimum atomic E-state index is -4.36. The normalized spacial score (nSPS) is 11.4. The van der Waals surface area contributed by atoms with Crippen molar-refractivity contribution in [3.63, 3.8) is 0 Å². The molecule has 40 heteroatoms. The summed E-state index contributed by atoms with van der Waals surface area (Å²) in [6.45, 7) is 2.15.